The number of esters is 1. The van der Waals surface area contributed by atoms with Crippen molar-refractivity contribution in [3.05, 3.63) is 93.0 Å². The first-order valence-electron chi connectivity index (χ1n) is 20.5. The van der Waals surface area contributed by atoms with Crippen molar-refractivity contribution in [2.24, 2.45) is 5.41 Å². The third-order valence-electron chi connectivity index (χ3n) is 9.96. The molecule has 0 saturated carbocycles. The van der Waals surface area contributed by atoms with Crippen LogP contribution >= 0.6 is 23.2 Å². The highest BCUT2D eigenvalue weighted by Crippen LogP contribution is 2.53. The van der Waals surface area contributed by atoms with Gasteiger partial charge in [-0.15, -0.1) is 0 Å². The summed E-state index contributed by atoms with van der Waals surface area (Å²) in [4.78, 5) is 39.3. The van der Waals surface area contributed by atoms with Gasteiger partial charge in [0.15, 0.2) is 0 Å². The molecule has 2 N–H and O–H groups in total. The molecule has 1 aliphatic heterocycles. The molecule has 1 fully saturated rings. The van der Waals surface area contributed by atoms with Gasteiger partial charge in [0.25, 0.3) is 0 Å². The summed E-state index contributed by atoms with van der Waals surface area (Å²) in [5.74, 6) is -4.40. The topological polar surface area (TPSA) is 182 Å². The van der Waals surface area contributed by atoms with Crippen LogP contribution in [0.25, 0.3) is 0 Å². The first-order valence-corrected chi connectivity index (χ1v) is 21.2. The van der Waals surface area contributed by atoms with Crippen LogP contribution in [0.3, 0.4) is 0 Å². The molecule has 0 radical (unpaired) electrons. The Labute approximate surface area is 381 Å². The van der Waals surface area contributed by atoms with Crippen molar-refractivity contribution in [2.75, 3.05) is 98.8 Å². The highest BCUT2D eigenvalue weighted by atomic mass is 35.5. The third kappa shape index (κ3) is 14.7. The van der Waals surface area contributed by atoms with Crippen LogP contribution in [0.5, 0.6) is 5.75 Å². The minimum atomic E-state index is -1.84. The lowest BCUT2D eigenvalue weighted by molar-refractivity contribution is -0.118. The summed E-state index contributed by atoms with van der Waals surface area (Å²) >= 11 is 12.4. The van der Waals surface area contributed by atoms with Gasteiger partial charge in [0.2, 0.25) is 5.91 Å². The average molecular weight is 939 g/mol. The van der Waals surface area contributed by atoms with E-state index >= 15 is 8.78 Å². The Bertz CT molecular complexity index is 2050. The lowest BCUT2D eigenvalue weighted by Gasteiger charge is -2.37. The molecule has 64 heavy (non-hydrogen) atoms. The maximum absolute atomic E-state index is 16.1. The number of benzene rings is 3. The molecule has 4 rings (SSSR count). The van der Waals surface area contributed by atoms with Gasteiger partial charge >= 0.3 is 12.1 Å². The minimum absolute atomic E-state index is 0.0409. The first kappa shape index (κ1) is 52.0. The van der Waals surface area contributed by atoms with Crippen molar-refractivity contribution in [2.45, 2.75) is 50.6 Å². The summed E-state index contributed by atoms with van der Waals surface area (Å²) in [5.41, 5.74) is -2.26. The molecule has 3 aromatic rings. The second-order valence-electron chi connectivity index (χ2n) is 15.6. The number of nitriles is 1. The van der Waals surface area contributed by atoms with E-state index in [0.29, 0.717) is 46.2 Å². The molecular formula is C45H55Cl2F2N3O12. The molecule has 1 aliphatic rings. The quantitative estimate of drug-likeness (QED) is 0.0640. The summed E-state index contributed by atoms with van der Waals surface area (Å²) in [6, 6.07) is 12.4. The second kappa shape index (κ2) is 25.7. The number of nitrogens with one attached hydrogen (secondary N) is 2. The van der Waals surface area contributed by atoms with Crippen LogP contribution < -0.4 is 15.4 Å². The van der Waals surface area contributed by atoms with Gasteiger partial charge in [0.05, 0.1) is 95.0 Å². The molecule has 0 spiro atoms. The molecule has 1 amide bonds. The van der Waals surface area contributed by atoms with E-state index in [1.807, 2.05) is 20.8 Å². The van der Waals surface area contributed by atoms with Crippen LogP contribution in [0.2, 0.25) is 10.0 Å². The molecule has 0 aromatic heterocycles. The van der Waals surface area contributed by atoms with E-state index in [1.165, 1.54) is 55.6 Å². The summed E-state index contributed by atoms with van der Waals surface area (Å²) in [5, 5.41) is 17.0. The van der Waals surface area contributed by atoms with Crippen LogP contribution in [0.15, 0.2) is 54.6 Å². The van der Waals surface area contributed by atoms with E-state index in [-0.39, 0.29) is 77.6 Å². The van der Waals surface area contributed by atoms with Crippen molar-refractivity contribution in [1.82, 2.24) is 5.32 Å². The number of hydrogen-bond acceptors (Lipinski definition) is 14. The summed E-state index contributed by atoms with van der Waals surface area (Å²) in [6.07, 6.45) is -0.706. The maximum Gasteiger partial charge on any atom is 0.508 e. The van der Waals surface area contributed by atoms with Crippen molar-refractivity contribution < 1.29 is 65.8 Å². The van der Waals surface area contributed by atoms with E-state index in [4.69, 9.17) is 65.8 Å². The number of amides is 1. The van der Waals surface area contributed by atoms with Crippen molar-refractivity contribution >= 4 is 46.9 Å². The zero-order valence-electron chi connectivity index (χ0n) is 36.5. The number of halogens is 4. The number of hydrogen-bond donors (Lipinski definition) is 2. The molecule has 3 aromatic carbocycles. The third-order valence-corrected chi connectivity index (χ3v) is 10.5. The van der Waals surface area contributed by atoms with Gasteiger partial charge < -0.3 is 53.3 Å². The van der Waals surface area contributed by atoms with E-state index in [9.17, 15) is 19.6 Å². The summed E-state index contributed by atoms with van der Waals surface area (Å²) in [7, 11) is 2.93. The van der Waals surface area contributed by atoms with Gasteiger partial charge in [-0.3, -0.25) is 4.79 Å². The van der Waals surface area contributed by atoms with Crippen molar-refractivity contribution in [1.29, 1.82) is 5.26 Å². The van der Waals surface area contributed by atoms with E-state index in [0.717, 1.165) is 6.07 Å². The molecule has 15 nitrogen and oxygen atoms in total. The largest absolute Gasteiger partial charge is 0.508 e. The molecule has 1 heterocycles. The summed E-state index contributed by atoms with van der Waals surface area (Å²) < 4.78 is 79.0. The predicted molar refractivity (Wildman–Crippen MR) is 232 cm³/mol. The number of anilines is 1. The second-order valence-corrected chi connectivity index (χ2v) is 16.5. The maximum atomic E-state index is 16.1. The Balaban J connectivity index is 1.32. The van der Waals surface area contributed by atoms with Crippen LogP contribution in [-0.2, 0) is 48.1 Å². The molecule has 0 aliphatic carbocycles. The normalized spacial score (nSPS) is 18.3. The molecule has 1 saturated heterocycles. The fraction of sp³-hybridized carbons (Fsp3) is 0.511. The number of rotatable bonds is 25. The van der Waals surface area contributed by atoms with Crippen LogP contribution in [0, 0.1) is 28.4 Å². The van der Waals surface area contributed by atoms with Gasteiger partial charge in [0.1, 0.15) is 42.6 Å². The van der Waals surface area contributed by atoms with Crippen molar-refractivity contribution in [3.63, 3.8) is 0 Å². The van der Waals surface area contributed by atoms with Crippen LogP contribution in [-0.4, -0.2) is 124 Å². The Morgan fingerprint density at radius 2 is 1.39 bits per heavy atom. The molecule has 0 bridgehead atoms. The van der Waals surface area contributed by atoms with Gasteiger partial charge in [-0.1, -0.05) is 62.2 Å². The number of nitrogens with zero attached hydrogens (tertiary/aromatic N) is 1. The zero-order valence-corrected chi connectivity index (χ0v) is 38.0. The fourth-order valence-corrected chi connectivity index (χ4v) is 7.50. The Kier molecular flexibility index (Phi) is 20.9. The smallest absolute Gasteiger partial charge is 0.495 e. The minimum Gasteiger partial charge on any atom is -0.495 e. The zero-order chi connectivity index (χ0) is 46.7. The Morgan fingerprint density at radius 3 is 1.97 bits per heavy atom. The highest BCUT2D eigenvalue weighted by molar-refractivity contribution is 6.31. The molecule has 19 heteroatoms. The van der Waals surface area contributed by atoms with Crippen molar-refractivity contribution in [3.8, 4) is 11.8 Å². The highest BCUT2D eigenvalue weighted by Gasteiger charge is 2.61. The average Bonchev–Trinajstić information content (AvgIpc) is 3.57. The number of ether oxygens (including phenoxy) is 9. The van der Waals surface area contributed by atoms with Gasteiger partial charge in [-0.2, -0.15) is 5.26 Å². The predicted octanol–water partition coefficient (Wildman–Crippen LogP) is 7.26. The van der Waals surface area contributed by atoms with Gasteiger partial charge in [-0.25, -0.2) is 18.4 Å². The molecule has 350 valence electrons. The summed E-state index contributed by atoms with van der Waals surface area (Å²) in [6.45, 7) is 8.62. The fourth-order valence-electron chi connectivity index (χ4n) is 7.16. The van der Waals surface area contributed by atoms with E-state index in [2.05, 4.69) is 16.7 Å². The van der Waals surface area contributed by atoms with Crippen LogP contribution in [0.4, 0.5) is 19.3 Å². The van der Waals surface area contributed by atoms with Crippen LogP contribution in [0.1, 0.15) is 54.6 Å². The number of carbonyl (C=O) groups is 3. The molecule has 0 unspecified atom stereocenters. The number of methoxy groups -OCH3 is 2. The lowest BCUT2D eigenvalue weighted by atomic mass is 9.62. The lowest BCUT2D eigenvalue weighted by Crippen LogP contribution is -2.45. The Morgan fingerprint density at radius 1 is 0.797 bits per heavy atom. The molecule has 4 atom stereocenters. The van der Waals surface area contributed by atoms with Gasteiger partial charge in [0, 0.05) is 29.7 Å². The monoisotopic (exact) mass is 937 g/mol. The first-order chi connectivity index (χ1) is 30.7. The standard InChI is InChI=1S/C45H55Cl2F2N3O12/c1-44(2,3)27-37-45(28-50,32-11-10-30(46)26-34(32)48)38(31-7-6-8-33(47)39(31)49)40(52-37)41(53)51-35-12-9-29(25-36(35)57-5)42(54)62-23-24-64-43(55)63-22-21-61-20-19-60-18-17-59-16-15-58-14-13-56-4/h6-12,25-26,37-38,40,52H,13-24,27H2,1-5H3,(H,51,53)/t37-,38-,40+,45-/m0/s1. The molecular weight excluding hydrogens is 883 g/mol. The van der Waals surface area contributed by atoms with Gasteiger partial charge in [-0.05, 0) is 53.8 Å². The van der Waals surface area contributed by atoms with E-state index < -0.39 is 58.5 Å². The Hall–Kier alpha value is -4.64. The van der Waals surface area contributed by atoms with E-state index in [1.54, 1.807) is 7.11 Å². The SMILES string of the molecule is COCCOCCOCCOCCOCCOC(=O)OCCOC(=O)c1ccc(NC(=O)[C@@H]2N[C@@H](CC(C)(C)C)[C@](C#N)(c3ccc(Cl)cc3F)[C@H]2c2cccc(Cl)c2F)c(OC)c1. The number of carbonyl (C=O) groups excluding carboxylic acids is 3.